The Hall–Kier alpha value is -1.39. The minimum Gasteiger partial charge on any atom is -0.459 e. The minimum absolute atomic E-state index is 0.191. The molecule has 1 aliphatic heterocycles. The smallest absolute Gasteiger partial charge is 0.330 e. The number of hydrogen-bond acceptors (Lipinski definition) is 4. The van der Waals surface area contributed by atoms with E-state index in [1.165, 1.54) is 31.2 Å². The van der Waals surface area contributed by atoms with E-state index in [-0.39, 0.29) is 12.0 Å². The van der Waals surface area contributed by atoms with Crippen molar-refractivity contribution in [1.29, 1.82) is 0 Å². The molecule has 0 fully saturated rings. The molecule has 2 N–H and O–H groups in total. The Morgan fingerprint density at radius 3 is 2.67 bits per heavy atom. The Labute approximate surface area is 126 Å². The third-order valence-electron chi connectivity index (χ3n) is 3.83. The Bertz CT molecular complexity index is 446. The summed E-state index contributed by atoms with van der Waals surface area (Å²) >= 11 is 0. The third-order valence-corrected chi connectivity index (χ3v) is 3.83. The fourth-order valence-electron chi connectivity index (χ4n) is 2.00. The van der Waals surface area contributed by atoms with Gasteiger partial charge in [-0.3, -0.25) is 0 Å². The van der Waals surface area contributed by atoms with Crippen LogP contribution in [0.4, 0.5) is 0 Å². The second-order valence-corrected chi connectivity index (χ2v) is 6.01. The van der Waals surface area contributed by atoms with Crippen LogP contribution in [-0.2, 0) is 9.53 Å². The molecule has 0 aliphatic carbocycles. The molecular formula is C17H26O4. The fraction of sp³-hybridized carbons (Fsp3) is 0.588. The maximum Gasteiger partial charge on any atom is 0.330 e. The highest BCUT2D eigenvalue weighted by Gasteiger charge is 2.18. The van der Waals surface area contributed by atoms with Crippen molar-refractivity contribution in [2.45, 2.75) is 58.3 Å². The molecule has 21 heavy (non-hydrogen) atoms. The first-order valence-electron chi connectivity index (χ1n) is 7.37. The van der Waals surface area contributed by atoms with E-state index in [1.807, 2.05) is 26.8 Å². The molecule has 0 aromatic carbocycles. The highest BCUT2D eigenvalue weighted by atomic mass is 16.5. The van der Waals surface area contributed by atoms with E-state index in [4.69, 9.17) is 4.74 Å². The predicted molar refractivity (Wildman–Crippen MR) is 82.6 cm³/mol. The second-order valence-electron chi connectivity index (χ2n) is 6.01. The van der Waals surface area contributed by atoms with Crippen LogP contribution in [0.5, 0.6) is 0 Å². The minimum atomic E-state index is -1.31. The first-order chi connectivity index (χ1) is 9.71. The van der Waals surface area contributed by atoms with E-state index in [0.29, 0.717) is 0 Å². The first-order valence-corrected chi connectivity index (χ1v) is 7.37. The molecule has 0 spiro atoms. The Morgan fingerprint density at radius 1 is 1.33 bits per heavy atom. The number of esters is 1. The highest BCUT2D eigenvalue weighted by Crippen LogP contribution is 2.18. The van der Waals surface area contributed by atoms with Crippen molar-refractivity contribution in [1.82, 2.24) is 0 Å². The van der Waals surface area contributed by atoms with Gasteiger partial charge in [0.2, 0.25) is 0 Å². The number of carbonyl (C=O) groups is 1. The van der Waals surface area contributed by atoms with E-state index in [2.05, 4.69) is 0 Å². The molecule has 1 aliphatic rings. The maximum absolute atomic E-state index is 11.7. The van der Waals surface area contributed by atoms with Gasteiger partial charge in [-0.15, -0.1) is 0 Å². The standard InChI is InChI=1S/C17H26O4/c1-12-6-5-7-13(2)15(18)8-10-17(4,20)11-9-16(19)21-14(12)3/h7-12,14-15,18,20H,5-6H2,1-4H3. The van der Waals surface area contributed by atoms with E-state index in [9.17, 15) is 15.0 Å². The molecule has 4 atom stereocenters. The van der Waals surface area contributed by atoms with E-state index >= 15 is 0 Å². The van der Waals surface area contributed by atoms with Crippen molar-refractivity contribution in [3.63, 3.8) is 0 Å². The quantitative estimate of drug-likeness (QED) is 0.532. The highest BCUT2D eigenvalue weighted by molar-refractivity contribution is 5.82. The van der Waals surface area contributed by atoms with Crippen LogP contribution in [0.15, 0.2) is 36.0 Å². The number of ether oxygens (including phenoxy) is 1. The zero-order chi connectivity index (χ0) is 16.0. The lowest BCUT2D eigenvalue weighted by atomic mass is 9.97. The number of carbonyl (C=O) groups excluding carboxylic acids is 1. The molecule has 0 amide bonds. The van der Waals surface area contributed by atoms with Gasteiger partial charge < -0.3 is 14.9 Å². The van der Waals surface area contributed by atoms with Gasteiger partial charge in [0.15, 0.2) is 0 Å². The van der Waals surface area contributed by atoms with Gasteiger partial charge in [-0.2, -0.15) is 0 Å². The van der Waals surface area contributed by atoms with Crippen molar-refractivity contribution < 1.29 is 19.7 Å². The third kappa shape index (κ3) is 6.27. The molecule has 4 heteroatoms. The summed E-state index contributed by atoms with van der Waals surface area (Å²) in [5.74, 6) is -0.241. The van der Waals surface area contributed by atoms with Crippen LogP contribution >= 0.6 is 0 Å². The topological polar surface area (TPSA) is 66.8 Å². The molecule has 0 saturated heterocycles. The van der Waals surface area contributed by atoms with Gasteiger partial charge in [0, 0.05) is 6.08 Å². The van der Waals surface area contributed by atoms with Gasteiger partial charge in [0.05, 0.1) is 11.7 Å². The van der Waals surface area contributed by atoms with Gasteiger partial charge in [0.1, 0.15) is 6.10 Å². The van der Waals surface area contributed by atoms with Gasteiger partial charge >= 0.3 is 5.97 Å². The van der Waals surface area contributed by atoms with Crippen molar-refractivity contribution in [2.75, 3.05) is 0 Å². The van der Waals surface area contributed by atoms with Crippen LogP contribution in [0, 0.1) is 5.92 Å². The largest absolute Gasteiger partial charge is 0.459 e. The number of aliphatic hydroxyl groups is 2. The van der Waals surface area contributed by atoms with Crippen LogP contribution < -0.4 is 0 Å². The zero-order valence-electron chi connectivity index (χ0n) is 13.2. The number of cyclic esters (lactones) is 1. The van der Waals surface area contributed by atoms with Crippen molar-refractivity contribution in [3.8, 4) is 0 Å². The number of allylic oxidation sites excluding steroid dienone is 1. The number of rotatable bonds is 0. The van der Waals surface area contributed by atoms with Crippen LogP contribution in [0.1, 0.15) is 40.5 Å². The van der Waals surface area contributed by atoms with Crippen LogP contribution in [0.3, 0.4) is 0 Å². The molecule has 0 bridgehead atoms. The van der Waals surface area contributed by atoms with E-state index < -0.39 is 17.7 Å². The number of hydrogen-bond donors (Lipinski definition) is 2. The lowest BCUT2D eigenvalue weighted by Crippen LogP contribution is -2.23. The molecule has 0 radical (unpaired) electrons. The number of aliphatic hydroxyl groups excluding tert-OH is 1. The van der Waals surface area contributed by atoms with Gasteiger partial charge in [-0.05, 0) is 51.2 Å². The van der Waals surface area contributed by atoms with Crippen LogP contribution in [0.25, 0.3) is 0 Å². The van der Waals surface area contributed by atoms with Crippen molar-refractivity contribution in [3.05, 3.63) is 36.0 Å². The van der Waals surface area contributed by atoms with Crippen LogP contribution in [0.2, 0.25) is 0 Å². The SMILES string of the molecule is CC1=CCCC(C)C(C)OC(=O)C=CC(C)(O)C=CC1O. The molecular weight excluding hydrogens is 268 g/mol. The average molecular weight is 294 g/mol. The average Bonchev–Trinajstić information content (AvgIpc) is 2.41. The molecule has 4 nitrogen and oxygen atoms in total. The Kier molecular flexibility index (Phi) is 6.37. The summed E-state index contributed by atoms with van der Waals surface area (Å²) < 4.78 is 5.32. The summed E-state index contributed by atoms with van der Waals surface area (Å²) in [6, 6.07) is 0. The lowest BCUT2D eigenvalue weighted by molar-refractivity contribution is -0.144. The van der Waals surface area contributed by atoms with E-state index in [0.717, 1.165) is 18.4 Å². The molecule has 1 heterocycles. The van der Waals surface area contributed by atoms with Gasteiger partial charge in [-0.1, -0.05) is 25.2 Å². The van der Waals surface area contributed by atoms with Gasteiger partial charge in [0.25, 0.3) is 0 Å². The summed E-state index contributed by atoms with van der Waals surface area (Å²) in [4.78, 5) is 11.7. The summed E-state index contributed by atoms with van der Waals surface area (Å²) in [5, 5.41) is 20.1. The molecule has 0 saturated carbocycles. The lowest BCUT2D eigenvalue weighted by Gasteiger charge is -2.20. The Morgan fingerprint density at radius 2 is 2.00 bits per heavy atom. The van der Waals surface area contributed by atoms with Crippen molar-refractivity contribution >= 4 is 5.97 Å². The van der Waals surface area contributed by atoms with E-state index in [1.54, 1.807) is 0 Å². The maximum atomic E-state index is 11.7. The summed E-state index contributed by atoms with van der Waals surface area (Å²) in [7, 11) is 0. The summed E-state index contributed by atoms with van der Waals surface area (Å²) in [5.41, 5.74) is -0.459. The normalized spacial score (nSPS) is 35.8. The molecule has 4 unspecified atom stereocenters. The van der Waals surface area contributed by atoms with Crippen LogP contribution in [-0.4, -0.2) is 34.0 Å². The molecule has 1 rings (SSSR count). The molecule has 0 aromatic heterocycles. The molecule has 118 valence electrons. The molecule has 0 aromatic rings. The van der Waals surface area contributed by atoms with Crippen molar-refractivity contribution in [2.24, 2.45) is 5.92 Å². The monoisotopic (exact) mass is 294 g/mol. The zero-order valence-corrected chi connectivity index (χ0v) is 13.2. The Balaban J connectivity index is 2.99. The predicted octanol–water partition coefficient (Wildman–Crippen LogP) is 2.52. The fourth-order valence-corrected chi connectivity index (χ4v) is 2.00. The summed E-state index contributed by atoms with van der Waals surface area (Å²) in [6.07, 6.45) is 8.34. The van der Waals surface area contributed by atoms with Gasteiger partial charge in [-0.25, -0.2) is 4.79 Å². The second kappa shape index (κ2) is 7.57. The first kappa shape index (κ1) is 17.7. The summed E-state index contributed by atoms with van der Waals surface area (Å²) in [6.45, 7) is 7.30.